The Hall–Kier alpha value is -2.00. The van der Waals surface area contributed by atoms with Crippen molar-refractivity contribution in [1.29, 1.82) is 0 Å². The summed E-state index contributed by atoms with van der Waals surface area (Å²) in [6.07, 6.45) is 0. The number of phenolic OH excluding ortho intramolecular Hbond substituents is 1. The summed E-state index contributed by atoms with van der Waals surface area (Å²) < 4.78 is 0. The number of anilines is 2. The molecule has 3 nitrogen and oxygen atoms in total. The molecular weight excluding hydrogens is 250 g/mol. The molecule has 105 valence electrons. The third-order valence-electron chi connectivity index (χ3n) is 3.88. The van der Waals surface area contributed by atoms with Gasteiger partial charge in [0.2, 0.25) is 0 Å². The summed E-state index contributed by atoms with van der Waals surface area (Å²) in [6.45, 7) is 9.77. The molecule has 0 heterocycles. The van der Waals surface area contributed by atoms with E-state index in [4.69, 9.17) is 0 Å². The van der Waals surface area contributed by atoms with Gasteiger partial charge in [-0.25, -0.2) is 0 Å². The van der Waals surface area contributed by atoms with Crippen LogP contribution in [0.1, 0.15) is 27.8 Å². The van der Waals surface area contributed by atoms with Crippen molar-refractivity contribution in [3.8, 4) is 5.75 Å². The van der Waals surface area contributed by atoms with E-state index >= 15 is 0 Å². The number of hydrogen-bond acceptors (Lipinski definition) is 2. The second kappa shape index (κ2) is 5.17. The molecule has 0 aliphatic carbocycles. The number of rotatable bonds is 2. The van der Waals surface area contributed by atoms with Crippen LogP contribution in [0.15, 0.2) is 24.3 Å². The smallest absolute Gasteiger partial charge is 0.141 e. The lowest BCUT2D eigenvalue weighted by atomic mass is 9.98. The van der Waals surface area contributed by atoms with E-state index in [9.17, 15) is 10.3 Å². The van der Waals surface area contributed by atoms with Crippen LogP contribution in [0.5, 0.6) is 5.75 Å². The zero-order valence-electron chi connectivity index (χ0n) is 12.6. The predicted molar refractivity (Wildman–Crippen MR) is 81.1 cm³/mol. The summed E-state index contributed by atoms with van der Waals surface area (Å²) in [5.41, 5.74) is 5.92. The summed E-state index contributed by atoms with van der Waals surface area (Å²) in [5, 5.41) is 23.5. The van der Waals surface area contributed by atoms with Crippen LogP contribution in [-0.2, 0) is 5.21 Å². The average Bonchev–Trinajstić information content (AvgIpc) is 2.39. The van der Waals surface area contributed by atoms with Gasteiger partial charge in [0.1, 0.15) is 11.4 Å². The van der Waals surface area contributed by atoms with Crippen molar-refractivity contribution in [2.24, 2.45) is 0 Å². The Balaban J connectivity index is 2.65. The van der Waals surface area contributed by atoms with E-state index in [-0.39, 0.29) is 5.75 Å². The average molecular weight is 270 g/mol. The van der Waals surface area contributed by atoms with E-state index in [1.54, 1.807) is 18.2 Å². The van der Waals surface area contributed by atoms with Crippen LogP contribution in [0.3, 0.4) is 0 Å². The molecule has 2 rings (SSSR count). The van der Waals surface area contributed by atoms with Crippen molar-refractivity contribution in [2.45, 2.75) is 34.6 Å². The van der Waals surface area contributed by atoms with E-state index in [2.05, 4.69) is 6.07 Å². The molecule has 2 aromatic carbocycles. The minimum Gasteiger partial charge on any atom is -0.506 e. The Kier molecular flexibility index (Phi) is 3.73. The molecule has 0 saturated heterocycles. The quantitative estimate of drug-likeness (QED) is 0.821. The summed E-state index contributed by atoms with van der Waals surface area (Å²) in [6, 6.07) is 7.13. The van der Waals surface area contributed by atoms with Crippen molar-refractivity contribution >= 4 is 11.4 Å². The fourth-order valence-corrected chi connectivity index (χ4v) is 2.42. The summed E-state index contributed by atoms with van der Waals surface area (Å²) in [4.78, 5) is 0. The van der Waals surface area contributed by atoms with Gasteiger partial charge in [-0.15, -0.1) is 0 Å². The maximum atomic E-state index is 12.7. The topological polar surface area (TPSA) is 43.4 Å². The maximum absolute atomic E-state index is 12.7. The molecule has 2 aromatic rings. The largest absolute Gasteiger partial charge is 0.506 e. The van der Waals surface area contributed by atoms with Crippen LogP contribution in [0.2, 0.25) is 0 Å². The van der Waals surface area contributed by atoms with Gasteiger partial charge in [-0.05, 0) is 74.6 Å². The molecule has 0 fully saturated rings. The first-order valence-electron chi connectivity index (χ1n) is 6.67. The fourth-order valence-electron chi connectivity index (χ4n) is 2.42. The van der Waals surface area contributed by atoms with Crippen molar-refractivity contribution in [2.75, 3.05) is 5.06 Å². The van der Waals surface area contributed by atoms with Crippen molar-refractivity contribution in [3.05, 3.63) is 52.1 Å². The molecule has 0 aromatic heterocycles. The van der Waals surface area contributed by atoms with Crippen molar-refractivity contribution in [3.63, 3.8) is 0 Å². The Morgan fingerprint density at radius 2 is 1.45 bits per heavy atom. The van der Waals surface area contributed by atoms with Crippen LogP contribution in [0.25, 0.3) is 0 Å². The number of hydrogen-bond donors (Lipinski definition) is 1. The normalized spacial score (nSPS) is 10.7. The first-order chi connectivity index (χ1) is 9.32. The molecule has 1 N–H and O–H groups in total. The number of aryl methyl sites for hydroxylation is 3. The lowest BCUT2D eigenvalue weighted by molar-refractivity contribution is 0.193. The molecule has 1 radical (unpaired) electrons. The third kappa shape index (κ3) is 2.37. The van der Waals surface area contributed by atoms with Crippen LogP contribution in [0, 0.1) is 34.6 Å². The molecule has 0 aliphatic heterocycles. The second-order valence-corrected chi connectivity index (χ2v) is 5.40. The monoisotopic (exact) mass is 270 g/mol. The van der Waals surface area contributed by atoms with Gasteiger partial charge in [-0.3, -0.25) is 0 Å². The maximum Gasteiger partial charge on any atom is 0.141 e. The first-order valence-corrected chi connectivity index (χ1v) is 6.67. The fraction of sp³-hybridized carbons (Fsp3) is 0.294. The predicted octanol–water partition coefficient (Wildman–Crippen LogP) is 4.42. The molecule has 0 atom stereocenters. The van der Waals surface area contributed by atoms with Gasteiger partial charge in [0.05, 0.1) is 5.69 Å². The van der Waals surface area contributed by atoms with E-state index < -0.39 is 0 Å². The van der Waals surface area contributed by atoms with Crippen LogP contribution < -0.4 is 5.06 Å². The molecule has 0 unspecified atom stereocenters. The van der Waals surface area contributed by atoms with Crippen LogP contribution >= 0.6 is 0 Å². The van der Waals surface area contributed by atoms with E-state index in [1.807, 2.05) is 34.6 Å². The number of phenols is 1. The zero-order valence-corrected chi connectivity index (χ0v) is 12.6. The van der Waals surface area contributed by atoms with Crippen LogP contribution in [0.4, 0.5) is 11.4 Å². The molecular formula is C17H20NO2. The molecule has 20 heavy (non-hydrogen) atoms. The lowest BCUT2D eigenvalue weighted by Gasteiger charge is -2.22. The van der Waals surface area contributed by atoms with Gasteiger partial charge in [0.15, 0.2) is 0 Å². The van der Waals surface area contributed by atoms with E-state index in [0.717, 1.165) is 32.9 Å². The number of benzene rings is 2. The van der Waals surface area contributed by atoms with Crippen molar-refractivity contribution < 1.29 is 10.3 Å². The molecule has 0 amide bonds. The Bertz CT molecular complexity index is 636. The first kappa shape index (κ1) is 14.4. The van der Waals surface area contributed by atoms with Gasteiger partial charge in [0.25, 0.3) is 0 Å². The number of aromatic hydroxyl groups is 1. The molecule has 0 saturated carbocycles. The van der Waals surface area contributed by atoms with Gasteiger partial charge in [0, 0.05) is 0 Å². The number of nitrogens with zero attached hydrogens (tertiary/aromatic N) is 1. The molecule has 0 aliphatic rings. The highest BCUT2D eigenvalue weighted by molar-refractivity contribution is 5.73. The highest BCUT2D eigenvalue weighted by atomic mass is 16.5. The van der Waals surface area contributed by atoms with Gasteiger partial charge in [-0.1, -0.05) is 17.3 Å². The Labute approximate surface area is 120 Å². The SMILES string of the molecule is Cc1ccc(O)c(N([O])c2c(C)c(C)cc(C)c2C)c1. The Morgan fingerprint density at radius 1 is 0.900 bits per heavy atom. The van der Waals surface area contributed by atoms with Crippen LogP contribution in [-0.4, -0.2) is 5.11 Å². The van der Waals surface area contributed by atoms with Gasteiger partial charge >= 0.3 is 0 Å². The lowest BCUT2D eigenvalue weighted by Crippen LogP contribution is -2.13. The molecule has 3 heteroatoms. The van der Waals surface area contributed by atoms with Crippen molar-refractivity contribution in [1.82, 2.24) is 0 Å². The summed E-state index contributed by atoms with van der Waals surface area (Å²) >= 11 is 0. The minimum atomic E-state index is 0.00330. The highest BCUT2D eigenvalue weighted by Crippen LogP contribution is 2.38. The summed E-state index contributed by atoms with van der Waals surface area (Å²) in [5.74, 6) is 0.00330. The second-order valence-electron chi connectivity index (χ2n) is 5.40. The zero-order chi connectivity index (χ0) is 15.0. The minimum absolute atomic E-state index is 0.00330. The molecule has 0 spiro atoms. The van der Waals surface area contributed by atoms with E-state index in [0.29, 0.717) is 11.4 Å². The van der Waals surface area contributed by atoms with Gasteiger partial charge < -0.3 is 5.11 Å². The third-order valence-corrected chi connectivity index (χ3v) is 3.88. The van der Waals surface area contributed by atoms with E-state index in [1.165, 1.54) is 0 Å². The standard InChI is InChI=1S/C17H20NO2/c1-10-6-7-16(19)15(8-10)18(20)17-13(4)11(2)9-12(3)14(17)5/h6-9,19H,1-5H3. The highest BCUT2D eigenvalue weighted by Gasteiger charge is 2.19. The Morgan fingerprint density at radius 3 is 2.00 bits per heavy atom. The van der Waals surface area contributed by atoms with Gasteiger partial charge in [-0.2, -0.15) is 5.06 Å². The summed E-state index contributed by atoms with van der Waals surface area (Å²) in [7, 11) is 0. The molecule has 0 bridgehead atoms.